The average molecular weight is 223 g/mol. The predicted molar refractivity (Wildman–Crippen MR) is 53.8 cm³/mol. The van der Waals surface area contributed by atoms with Crippen molar-refractivity contribution in [2.75, 3.05) is 13.7 Å². The van der Waals surface area contributed by atoms with Gasteiger partial charge in [-0.2, -0.15) is 4.39 Å². The molecule has 1 aromatic rings. The molecular formula is C10H7F2N3O. The summed E-state index contributed by atoms with van der Waals surface area (Å²) >= 11 is 0. The summed E-state index contributed by atoms with van der Waals surface area (Å²) in [6, 6.07) is 2.57. The third-order valence-corrected chi connectivity index (χ3v) is 1.70. The second-order valence-electron chi connectivity index (χ2n) is 2.63. The number of hydrogen-bond donors (Lipinski definition) is 0. The van der Waals surface area contributed by atoms with Gasteiger partial charge in [-0.1, -0.05) is 17.0 Å². The SMILES string of the molecule is COc1ccc(C#CCN=[N+]=[N-])c(F)c1F. The summed E-state index contributed by atoms with van der Waals surface area (Å²) in [4.78, 5) is 2.47. The Labute approximate surface area is 90.5 Å². The number of azide groups is 1. The monoisotopic (exact) mass is 223 g/mol. The zero-order valence-corrected chi connectivity index (χ0v) is 8.37. The molecule has 0 spiro atoms. The minimum atomic E-state index is -1.09. The van der Waals surface area contributed by atoms with Crippen molar-refractivity contribution >= 4 is 0 Å². The van der Waals surface area contributed by atoms with E-state index in [1.807, 2.05) is 0 Å². The average Bonchev–Trinajstić information content (AvgIpc) is 2.30. The summed E-state index contributed by atoms with van der Waals surface area (Å²) < 4.78 is 31.1. The smallest absolute Gasteiger partial charge is 0.201 e. The highest BCUT2D eigenvalue weighted by Gasteiger charge is 2.11. The largest absolute Gasteiger partial charge is 0.494 e. The molecule has 0 saturated heterocycles. The van der Waals surface area contributed by atoms with Crippen LogP contribution in [-0.2, 0) is 0 Å². The van der Waals surface area contributed by atoms with E-state index in [-0.39, 0.29) is 17.9 Å². The summed E-state index contributed by atoms with van der Waals surface area (Å²) in [5.74, 6) is 2.40. The lowest BCUT2D eigenvalue weighted by Gasteiger charge is -2.02. The van der Waals surface area contributed by atoms with E-state index >= 15 is 0 Å². The first-order chi connectivity index (χ1) is 7.70. The summed E-state index contributed by atoms with van der Waals surface area (Å²) in [6.45, 7) is -0.0937. The van der Waals surface area contributed by atoms with E-state index in [0.29, 0.717) is 0 Å². The summed E-state index contributed by atoms with van der Waals surface area (Å²) in [7, 11) is 1.24. The molecule has 16 heavy (non-hydrogen) atoms. The van der Waals surface area contributed by atoms with Gasteiger partial charge in [0.2, 0.25) is 5.82 Å². The van der Waals surface area contributed by atoms with E-state index in [1.54, 1.807) is 0 Å². The summed E-state index contributed by atoms with van der Waals surface area (Å²) in [5, 5.41) is 3.14. The maximum Gasteiger partial charge on any atom is 0.201 e. The van der Waals surface area contributed by atoms with Gasteiger partial charge in [-0.25, -0.2) is 4.39 Å². The lowest BCUT2D eigenvalue weighted by molar-refractivity contribution is 0.371. The van der Waals surface area contributed by atoms with Crippen LogP contribution in [0.1, 0.15) is 5.56 Å². The third kappa shape index (κ3) is 2.62. The van der Waals surface area contributed by atoms with Gasteiger partial charge in [0, 0.05) is 4.91 Å². The molecule has 1 rings (SSSR count). The number of rotatable bonds is 2. The maximum absolute atomic E-state index is 13.3. The highest BCUT2D eigenvalue weighted by atomic mass is 19.2. The van der Waals surface area contributed by atoms with Gasteiger partial charge >= 0.3 is 0 Å². The Morgan fingerprint density at radius 1 is 1.44 bits per heavy atom. The van der Waals surface area contributed by atoms with Crippen LogP contribution in [0.25, 0.3) is 10.4 Å². The van der Waals surface area contributed by atoms with Crippen molar-refractivity contribution < 1.29 is 13.5 Å². The zero-order valence-electron chi connectivity index (χ0n) is 8.37. The molecule has 0 amide bonds. The minimum absolute atomic E-state index is 0.0937. The van der Waals surface area contributed by atoms with Crippen LogP contribution in [0, 0.1) is 23.5 Å². The predicted octanol–water partition coefficient (Wildman–Crippen LogP) is 2.64. The Morgan fingerprint density at radius 3 is 2.81 bits per heavy atom. The van der Waals surface area contributed by atoms with Crippen LogP contribution in [0.15, 0.2) is 17.2 Å². The second-order valence-corrected chi connectivity index (χ2v) is 2.63. The van der Waals surface area contributed by atoms with E-state index < -0.39 is 11.6 Å². The Balaban J connectivity index is 3.01. The van der Waals surface area contributed by atoms with Crippen molar-refractivity contribution in [2.24, 2.45) is 5.11 Å². The number of hydrogen-bond acceptors (Lipinski definition) is 2. The Hall–Kier alpha value is -2.25. The van der Waals surface area contributed by atoms with Gasteiger partial charge in [0.25, 0.3) is 0 Å². The lowest BCUT2D eigenvalue weighted by Crippen LogP contribution is -1.95. The molecule has 0 fully saturated rings. The van der Waals surface area contributed by atoms with Gasteiger partial charge in [-0.05, 0) is 17.7 Å². The number of ether oxygens (including phenoxy) is 1. The van der Waals surface area contributed by atoms with E-state index in [4.69, 9.17) is 5.53 Å². The molecule has 4 nitrogen and oxygen atoms in total. The normalized spacial score (nSPS) is 8.69. The molecule has 0 aromatic heterocycles. The van der Waals surface area contributed by atoms with E-state index in [1.165, 1.54) is 19.2 Å². The Kier molecular flexibility index (Phi) is 4.13. The van der Waals surface area contributed by atoms with Crippen molar-refractivity contribution in [3.63, 3.8) is 0 Å². The fraction of sp³-hybridized carbons (Fsp3) is 0.200. The Bertz CT molecular complexity index is 499. The minimum Gasteiger partial charge on any atom is -0.494 e. The summed E-state index contributed by atoms with van der Waals surface area (Å²) in [6.07, 6.45) is 0. The van der Waals surface area contributed by atoms with Gasteiger partial charge in [-0.3, -0.25) is 0 Å². The number of benzene rings is 1. The second kappa shape index (κ2) is 5.59. The van der Waals surface area contributed by atoms with Crippen molar-refractivity contribution in [3.05, 3.63) is 39.8 Å². The molecule has 0 aliphatic heterocycles. The first kappa shape index (κ1) is 11.8. The van der Waals surface area contributed by atoms with Gasteiger partial charge in [-0.15, -0.1) is 0 Å². The fourth-order valence-electron chi connectivity index (χ4n) is 0.988. The van der Waals surface area contributed by atoms with Crippen LogP contribution in [-0.4, -0.2) is 13.7 Å². The highest BCUT2D eigenvalue weighted by molar-refractivity contribution is 5.41. The molecule has 6 heteroatoms. The van der Waals surface area contributed by atoms with Gasteiger partial charge in [0.1, 0.15) is 0 Å². The van der Waals surface area contributed by atoms with Crippen LogP contribution in [0.5, 0.6) is 5.75 Å². The molecule has 0 unspecified atom stereocenters. The van der Waals surface area contributed by atoms with Crippen LogP contribution in [0.4, 0.5) is 8.78 Å². The molecule has 0 N–H and O–H groups in total. The lowest BCUT2D eigenvalue weighted by atomic mass is 10.2. The van der Waals surface area contributed by atoms with E-state index in [0.717, 1.165) is 0 Å². The molecule has 0 aliphatic carbocycles. The van der Waals surface area contributed by atoms with Crippen molar-refractivity contribution in [1.29, 1.82) is 0 Å². The number of methoxy groups -OCH3 is 1. The van der Waals surface area contributed by atoms with Crippen molar-refractivity contribution in [3.8, 4) is 17.6 Å². The standard InChI is InChI=1S/C10H7F2N3O/c1-16-8-5-4-7(9(11)10(8)12)3-2-6-14-15-13/h4-5H,6H2,1H3. The topological polar surface area (TPSA) is 58.0 Å². The molecule has 0 aliphatic rings. The van der Waals surface area contributed by atoms with E-state index in [2.05, 4.69) is 26.6 Å². The molecular weight excluding hydrogens is 216 g/mol. The fourth-order valence-corrected chi connectivity index (χ4v) is 0.988. The zero-order chi connectivity index (χ0) is 12.0. The third-order valence-electron chi connectivity index (χ3n) is 1.70. The summed E-state index contributed by atoms with van der Waals surface area (Å²) in [5.41, 5.74) is 7.87. The van der Waals surface area contributed by atoms with Crippen molar-refractivity contribution in [1.82, 2.24) is 0 Å². The van der Waals surface area contributed by atoms with Crippen LogP contribution in [0.2, 0.25) is 0 Å². The molecule has 0 radical (unpaired) electrons. The highest BCUT2D eigenvalue weighted by Crippen LogP contribution is 2.21. The van der Waals surface area contributed by atoms with Crippen molar-refractivity contribution in [2.45, 2.75) is 0 Å². The molecule has 0 bridgehead atoms. The maximum atomic E-state index is 13.3. The quantitative estimate of drug-likeness (QED) is 0.329. The number of nitrogens with zero attached hydrogens (tertiary/aromatic N) is 3. The van der Waals surface area contributed by atoms with E-state index in [9.17, 15) is 8.78 Å². The molecule has 0 heterocycles. The van der Waals surface area contributed by atoms with Gasteiger partial charge in [0.05, 0.1) is 19.2 Å². The molecule has 82 valence electrons. The van der Waals surface area contributed by atoms with Crippen LogP contribution >= 0.6 is 0 Å². The molecule has 0 atom stereocenters. The first-order valence-electron chi connectivity index (χ1n) is 4.22. The van der Waals surface area contributed by atoms with Gasteiger partial charge in [0.15, 0.2) is 11.6 Å². The van der Waals surface area contributed by atoms with Crippen LogP contribution < -0.4 is 4.74 Å². The van der Waals surface area contributed by atoms with Crippen LogP contribution in [0.3, 0.4) is 0 Å². The molecule has 0 saturated carbocycles. The number of halogens is 2. The van der Waals surface area contributed by atoms with Gasteiger partial charge < -0.3 is 4.74 Å². The first-order valence-corrected chi connectivity index (χ1v) is 4.22. The Morgan fingerprint density at radius 2 is 2.19 bits per heavy atom. The molecule has 1 aromatic carbocycles.